The molecule has 0 fully saturated rings. The van der Waals surface area contributed by atoms with Crippen LogP contribution in [0, 0.1) is 5.82 Å². The third-order valence-corrected chi connectivity index (χ3v) is 4.10. The zero-order valence-electron chi connectivity index (χ0n) is 9.27. The molecule has 0 amide bonds. The van der Waals surface area contributed by atoms with Gasteiger partial charge in [0.05, 0.1) is 4.47 Å². The van der Waals surface area contributed by atoms with E-state index in [1.165, 1.54) is 6.07 Å². The van der Waals surface area contributed by atoms with Crippen molar-refractivity contribution in [2.24, 2.45) is 0 Å². The molecule has 0 aromatic heterocycles. The van der Waals surface area contributed by atoms with Gasteiger partial charge in [0.25, 0.3) is 0 Å². The Hall–Kier alpha value is 0.0700. The molecule has 1 aromatic carbocycles. The van der Waals surface area contributed by atoms with Crippen molar-refractivity contribution in [3.8, 4) is 0 Å². The first-order valence-corrected chi connectivity index (χ1v) is 7.13. The first-order valence-electron chi connectivity index (χ1n) is 5.42. The number of hydrogen-bond acceptors (Lipinski definition) is 1. The van der Waals surface area contributed by atoms with E-state index < -0.39 is 0 Å². The van der Waals surface area contributed by atoms with E-state index >= 15 is 0 Å². The van der Waals surface area contributed by atoms with E-state index in [4.69, 9.17) is 0 Å². The number of halogens is 3. The van der Waals surface area contributed by atoms with Gasteiger partial charge in [0.1, 0.15) is 5.82 Å². The van der Waals surface area contributed by atoms with Crippen molar-refractivity contribution in [3.05, 3.63) is 34.1 Å². The van der Waals surface area contributed by atoms with Crippen LogP contribution >= 0.6 is 31.9 Å². The summed E-state index contributed by atoms with van der Waals surface area (Å²) in [5, 5.41) is 3.34. The fourth-order valence-corrected chi connectivity index (χ4v) is 2.00. The smallest absolute Gasteiger partial charge is 0.137 e. The van der Waals surface area contributed by atoms with Crippen LogP contribution in [0.4, 0.5) is 4.39 Å². The van der Waals surface area contributed by atoms with Gasteiger partial charge in [-0.25, -0.2) is 4.39 Å². The largest absolute Gasteiger partial charge is 0.313 e. The number of nitrogens with one attached hydrogen (secondary N) is 1. The van der Waals surface area contributed by atoms with Crippen molar-refractivity contribution >= 4 is 31.9 Å². The molecule has 1 N–H and O–H groups in total. The summed E-state index contributed by atoms with van der Waals surface area (Å²) in [7, 11) is 0. The Morgan fingerprint density at radius 2 is 2.19 bits per heavy atom. The molecule has 1 rings (SSSR count). The molecule has 16 heavy (non-hydrogen) atoms. The van der Waals surface area contributed by atoms with Gasteiger partial charge in [-0.3, -0.25) is 0 Å². The van der Waals surface area contributed by atoms with Crippen molar-refractivity contribution in [1.29, 1.82) is 0 Å². The highest BCUT2D eigenvalue weighted by molar-refractivity contribution is 9.10. The molecule has 90 valence electrons. The lowest BCUT2D eigenvalue weighted by Gasteiger charge is -2.08. The molecule has 0 radical (unpaired) electrons. The van der Waals surface area contributed by atoms with Crippen LogP contribution in [-0.4, -0.2) is 11.4 Å². The van der Waals surface area contributed by atoms with Crippen LogP contribution < -0.4 is 5.32 Å². The average Bonchev–Trinajstić information content (AvgIpc) is 2.28. The first-order chi connectivity index (χ1) is 7.63. The molecule has 1 atom stereocenters. The summed E-state index contributed by atoms with van der Waals surface area (Å²) in [6, 6.07) is 5.10. The van der Waals surface area contributed by atoms with Gasteiger partial charge in [0.15, 0.2) is 0 Å². The van der Waals surface area contributed by atoms with Gasteiger partial charge in [-0.2, -0.15) is 0 Å². The predicted molar refractivity (Wildman–Crippen MR) is 73.4 cm³/mol. The summed E-state index contributed by atoms with van der Waals surface area (Å²) >= 11 is 6.77. The fourth-order valence-electron chi connectivity index (χ4n) is 1.35. The molecular formula is C12H16Br2FN. The van der Waals surface area contributed by atoms with Gasteiger partial charge >= 0.3 is 0 Å². The Morgan fingerprint density at radius 1 is 1.44 bits per heavy atom. The minimum atomic E-state index is -0.213. The highest BCUT2D eigenvalue weighted by Crippen LogP contribution is 2.16. The summed E-state index contributed by atoms with van der Waals surface area (Å²) in [6.07, 6.45) is 2.25. The SMILES string of the molecule is CCC(Br)CCNCc1ccc(F)c(Br)c1. The molecule has 0 aliphatic rings. The Labute approximate surface area is 113 Å². The van der Waals surface area contributed by atoms with Crippen LogP contribution in [0.5, 0.6) is 0 Å². The lowest BCUT2D eigenvalue weighted by molar-refractivity contribution is 0.613. The quantitative estimate of drug-likeness (QED) is 0.596. The molecule has 0 saturated heterocycles. The number of hydrogen-bond donors (Lipinski definition) is 1. The van der Waals surface area contributed by atoms with Crippen LogP contribution in [0.3, 0.4) is 0 Å². The molecule has 4 heteroatoms. The zero-order chi connectivity index (χ0) is 12.0. The lowest BCUT2D eigenvalue weighted by atomic mass is 10.2. The molecule has 0 aliphatic heterocycles. The maximum absolute atomic E-state index is 13.0. The third-order valence-electron chi connectivity index (χ3n) is 2.39. The minimum absolute atomic E-state index is 0.213. The molecule has 1 aromatic rings. The van der Waals surface area contributed by atoms with E-state index in [1.807, 2.05) is 6.07 Å². The maximum atomic E-state index is 13.0. The van der Waals surface area contributed by atoms with Crippen LogP contribution in [0.1, 0.15) is 25.3 Å². The van der Waals surface area contributed by atoms with E-state index in [9.17, 15) is 4.39 Å². The summed E-state index contributed by atoms with van der Waals surface area (Å²) in [5.74, 6) is -0.213. The predicted octanol–water partition coefficient (Wildman–Crippen LogP) is 4.24. The number of rotatable bonds is 6. The third kappa shape index (κ3) is 4.93. The Morgan fingerprint density at radius 3 is 2.81 bits per heavy atom. The monoisotopic (exact) mass is 351 g/mol. The Balaban J connectivity index is 2.29. The molecular weight excluding hydrogens is 337 g/mol. The normalized spacial score (nSPS) is 12.8. The van der Waals surface area contributed by atoms with E-state index in [2.05, 4.69) is 44.1 Å². The summed E-state index contributed by atoms with van der Waals surface area (Å²) in [5.41, 5.74) is 1.09. The second kappa shape index (κ2) is 7.41. The summed E-state index contributed by atoms with van der Waals surface area (Å²) in [6.45, 7) is 3.91. The van der Waals surface area contributed by atoms with Gasteiger partial charge < -0.3 is 5.32 Å². The lowest BCUT2D eigenvalue weighted by Crippen LogP contribution is -2.17. The van der Waals surface area contributed by atoms with Crippen LogP contribution in [0.25, 0.3) is 0 Å². The van der Waals surface area contributed by atoms with Gasteiger partial charge in [-0.15, -0.1) is 0 Å². The van der Waals surface area contributed by atoms with Crippen molar-refractivity contribution in [2.45, 2.75) is 31.1 Å². The molecule has 0 spiro atoms. The highest BCUT2D eigenvalue weighted by atomic mass is 79.9. The molecule has 1 unspecified atom stereocenters. The van der Waals surface area contributed by atoms with Gasteiger partial charge in [0, 0.05) is 11.4 Å². The maximum Gasteiger partial charge on any atom is 0.137 e. The molecule has 0 bridgehead atoms. The topological polar surface area (TPSA) is 12.0 Å². The van der Waals surface area contributed by atoms with E-state index in [0.29, 0.717) is 9.30 Å². The zero-order valence-corrected chi connectivity index (χ0v) is 12.4. The van der Waals surface area contributed by atoms with Crippen molar-refractivity contribution in [2.75, 3.05) is 6.54 Å². The molecule has 0 aliphatic carbocycles. The standard InChI is InChI=1S/C12H16Br2FN/c1-2-10(13)5-6-16-8-9-3-4-12(15)11(14)7-9/h3-4,7,10,16H,2,5-6,8H2,1H3. The average molecular weight is 353 g/mol. The highest BCUT2D eigenvalue weighted by Gasteiger charge is 2.02. The summed E-state index contributed by atoms with van der Waals surface area (Å²) < 4.78 is 13.5. The van der Waals surface area contributed by atoms with Crippen molar-refractivity contribution < 1.29 is 4.39 Å². The van der Waals surface area contributed by atoms with Gasteiger partial charge in [-0.1, -0.05) is 28.9 Å². The molecule has 0 saturated carbocycles. The minimum Gasteiger partial charge on any atom is -0.313 e. The van der Waals surface area contributed by atoms with Crippen LogP contribution in [-0.2, 0) is 6.54 Å². The van der Waals surface area contributed by atoms with Crippen LogP contribution in [0.15, 0.2) is 22.7 Å². The van der Waals surface area contributed by atoms with Gasteiger partial charge in [-0.05, 0) is 53.0 Å². The fraction of sp³-hybridized carbons (Fsp3) is 0.500. The number of benzene rings is 1. The Bertz CT molecular complexity index is 331. The van der Waals surface area contributed by atoms with E-state index in [0.717, 1.165) is 31.5 Å². The second-order valence-corrected chi connectivity index (χ2v) is 5.87. The molecule has 0 heterocycles. The van der Waals surface area contributed by atoms with Crippen molar-refractivity contribution in [1.82, 2.24) is 5.32 Å². The van der Waals surface area contributed by atoms with Gasteiger partial charge in [0.2, 0.25) is 0 Å². The van der Waals surface area contributed by atoms with E-state index in [1.54, 1.807) is 6.07 Å². The number of alkyl halides is 1. The van der Waals surface area contributed by atoms with Crippen LogP contribution in [0.2, 0.25) is 0 Å². The summed E-state index contributed by atoms with van der Waals surface area (Å²) in [4.78, 5) is 0.583. The molecule has 1 nitrogen and oxygen atoms in total. The van der Waals surface area contributed by atoms with E-state index in [-0.39, 0.29) is 5.82 Å². The first kappa shape index (κ1) is 14.1. The Kier molecular flexibility index (Phi) is 6.54. The van der Waals surface area contributed by atoms with Crippen molar-refractivity contribution in [3.63, 3.8) is 0 Å². The second-order valence-electron chi connectivity index (χ2n) is 3.72.